The highest BCUT2D eigenvalue weighted by molar-refractivity contribution is 6.03. The van der Waals surface area contributed by atoms with Gasteiger partial charge >= 0.3 is 0 Å². The van der Waals surface area contributed by atoms with Gasteiger partial charge in [-0.25, -0.2) is 0 Å². The molecular formula is C20H26ClN3O4. The number of halogens is 1. The molecule has 7 nitrogen and oxygen atoms in total. The molecule has 0 aliphatic carbocycles. The monoisotopic (exact) mass is 407 g/mol. The highest BCUT2D eigenvalue weighted by Crippen LogP contribution is 2.18. The van der Waals surface area contributed by atoms with Crippen LogP contribution >= 0.6 is 12.4 Å². The molecular weight excluding hydrogens is 382 g/mol. The smallest absolute Gasteiger partial charge is 0.253 e. The van der Waals surface area contributed by atoms with E-state index in [0.29, 0.717) is 37.4 Å². The molecule has 0 bridgehead atoms. The van der Waals surface area contributed by atoms with Crippen molar-refractivity contribution in [1.29, 1.82) is 0 Å². The molecule has 0 aliphatic heterocycles. The summed E-state index contributed by atoms with van der Waals surface area (Å²) in [6, 6.07) is 14.1. The number of nitrogens with one attached hydrogen (secondary N) is 2. The third kappa shape index (κ3) is 7.46. The summed E-state index contributed by atoms with van der Waals surface area (Å²) in [4.78, 5) is 24.3. The number of benzene rings is 2. The molecule has 2 aromatic rings. The molecule has 0 spiro atoms. The van der Waals surface area contributed by atoms with Crippen molar-refractivity contribution in [2.24, 2.45) is 5.73 Å². The number of nitrogens with two attached hydrogens (primary N) is 1. The van der Waals surface area contributed by atoms with E-state index in [1.165, 1.54) is 0 Å². The van der Waals surface area contributed by atoms with E-state index < -0.39 is 0 Å². The molecule has 0 heterocycles. The van der Waals surface area contributed by atoms with E-state index in [0.717, 1.165) is 11.5 Å². The Balaban J connectivity index is 0.00000392. The van der Waals surface area contributed by atoms with Gasteiger partial charge in [0.15, 0.2) is 0 Å². The summed E-state index contributed by atoms with van der Waals surface area (Å²) in [6.07, 6.45) is 0.842. The Bertz CT molecular complexity index is 753. The van der Waals surface area contributed by atoms with Crippen LogP contribution in [-0.4, -0.2) is 38.6 Å². The van der Waals surface area contributed by atoms with Crippen LogP contribution in [0.4, 0.5) is 5.69 Å². The van der Waals surface area contributed by atoms with E-state index in [1.807, 2.05) is 24.3 Å². The largest absolute Gasteiger partial charge is 0.497 e. The third-order valence-corrected chi connectivity index (χ3v) is 3.75. The lowest BCUT2D eigenvalue weighted by Gasteiger charge is -2.11. The zero-order valence-electron chi connectivity index (χ0n) is 15.8. The van der Waals surface area contributed by atoms with Crippen molar-refractivity contribution in [2.75, 3.05) is 32.1 Å². The van der Waals surface area contributed by atoms with Crippen molar-refractivity contribution in [1.82, 2.24) is 5.32 Å². The van der Waals surface area contributed by atoms with Gasteiger partial charge in [-0.15, -0.1) is 12.4 Å². The molecule has 8 heteroatoms. The first-order valence-corrected chi connectivity index (χ1v) is 8.78. The van der Waals surface area contributed by atoms with Crippen LogP contribution in [-0.2, 0) is 4.79 Å². The van der Waals surface area contributed by atoms with Gasteiger partial charge < -0.3 is 25.8 Å². The van der Waals surface area contributed by atoms with E-state index in [9.17, 15) is 9.59 Å². The third-order valence-electron chi connectivity index (χ3n) is 3.75. The summed E-state index contributed by atoms with van der Waals surface area (Å²) in [5, 5.41) is 5.48. The predicted octanol–water partition coefficient (Wildman–Crippen LogP) is 2.60. The van der Waals surface area contributed by atoms with E-state index in [-0.39, 0.29) is 30.6 Å². The van der Waals surface area contributed by atoms with Crippen molar-refractivity contribution in [3.05, 3.63) is 54.1 Å². The van der Waals surface area contributed by atoms with Gasteiger partial charge in [0.1, 0.15) is 11.5 Å². The summed E-state index contributed by atoms with van der Waals surface area (Å²) >= 11 is 0. The number of anilines is 1. The van der Waals surface area contributed by atoms with Gasteiger partial charge in [-0.1, -0.05) is 12.1 Å². The maximum absolute atomic E-state index is 12.2. The molecule has 2 amide bonds. The highest BCUT2D eigenvalue weighted by Gasteiger charge is 2.12. The molecule has 0 aliphatic rings. The van der Waals surface area contributed by atoms with Gasteiger partial charge in [-0.2, -0.15) is 0 Å². The van der Waals surface area contributed by atoms with Crippen LogP contribution in [0, 0.1) is 0 Å². The molecule has 0 saturated carbocycles. The summed E-state index contributed by atoms with van der Waals surface area (Å²) < 4.78 is 10.7. The number of ether oxygens (including phenoxy) is 2. The molecule has 0 atom stereocenters. The second-order valence-corrected chi connectivity index (χ2v) is 5.77. The maximum Gasteiger partial charge on any atom is 0.253 e. The second-order valence-electron chi connectivity index (χ2n) is 5.77. The van der Waals surface area contributed by atoms with E-state index >= 15 is 0 Å². The second kappa shape index (κ2) is 12.6. The first-order chi connectivity index (χ1) is 13.1. The quantitative estimate of drug-likeness (QED) is 0.525. The van der Waals surface area contributed by atoms with E-state index in [2.05, 4.69) is 10.6 Å². The Labute approximate surface area is 171 Å². The predicted molar refractivity (Wildman–Crippen MR) is 111 cm³/mol. The molecule has 0 aromatic heterocycles. The van der Waals surface area contributed by atoms with Gasteiger partial charge in [0.2, 0.25) is 5.91 Å². The Morgan fingerprint density at radius 2 is 1.71 bits per heavy atom. The van der Waals surface area contributed by atoms with Crippen LogP contribution in [0.25, 0.3) is 0 Å². The van der Waals surface area contributed by atoms with Gasteiger partial charge in [-0.3, -0.25) is 9.59 Å². The molecule has 0 fully saturated rings. The summed E-state index contributed by atoms with van der Waals surface area (Å²) in [5.74, 6) is 1.04. The van der Waals surface area contributed by atoms with Crippen LogP contribution in [0.1, 0.15) is 23.2 Å². The summed E-state index contributed by atoms with van der Waals surface area (Å²) in [5.41, 5.74) is 6.29. The fraction of sp³-hybridized carbons (Fsp3) is 0.300. The van der Waals surface area contributed by atoms with E-state index in [4.69, 9.17) is 15.2 Å². The topological polar surface area (TPSA) is 103 Å². The Kier molecular flexibility index (Phi) is 10.5. The minimum absolute atomic E-state index is 0. The van der Waals surface area contributed by atoms with Crippen LogP contribution < -0.4 is 25.8 Å². The standard InChI is InChI=1S/C20H25N3O4.ClH/c1-26-15-8-10-16(11-9-15)27-14-4-7-19(24)23-18-6-3-2-5-17(18)20(25)22-13-12-21;/h2-3,5-6,8-11H,4,7,12-14,21H2,1H3,(H,22,25)(H,23,24);1H. The number of carbonyl (C=O) groups is 2. The van der Waals surface area contributed by atoms with Crippen LogP contribution in [0.15, 0.2) is 48.5 Å². The number of rotatable bonds is 10. The molecule has 152 valence electrons. The number of para-hydroxylation sites is 1. The number of hydrogen-bond donors (Lipinski definition) is 3. The number of methoxy groups -OCH3 is 1. The van der Waals surface area contributed by atoms with Crippen LogP contribution in [0.2, 0.25) is 0 Å². The molecule has 0 unspecified atom stereocenters. The average Bonchev–Trinajstić information content (AvgIpc) is 2.70. The van der Waals surface area contributed by atoms with Gasteiger partial charge in [0.05, 0.1) is 25.0 Å². The van der Waals surface area contributed by atoms with Crippen molar-refractivity contribution in [2.45, 2.75) is 12.8 Å². The summed E-state index contributed by atoms with van der Waals surface area (Å²) in [6.45, 7) is 1.15. The fourth-order valence-electron chi connectivity index (χ4n) is 2.38. The van der Waals surface area contributed by atoms with Crippen LogP contribution in [0.3, 0.4) is 0 Å². The Morgan fingerprint density at radius 1 is 1.04 bits per heavy atom. The SMILES string of the molecule is COc1ccc(OCCCC(=O)Nc2ccccc2C(=O)NCCN)cc1.Cl. The molecule has 2 rings (SSSR count). The minimum Gasteiger partial charge on any atom is -0.497 e. The van der Waals surface area contributed by atoms with Gasteiger partial charge in [-0.05, 0) is 42.8 Å². The van der Waals surface area contributed by atoms with Crippen molar-refractivity contribution in [3.8, 4) is 11.5 Å². The highest BCUT2D eigenvalue weighted by atomic mass is 35.5. The van der Waals surface area contributed by atoms with E-state index in [1.54, 1.807) is 31.4 Å². The molecule has 2 aromatic carbocycles. The molecule has 4 N–H and O–H groups in total. The minimum atomic E-state index is -0.265. The number of carbonyl (C=O) groups excluding carboxylic acids is 2. The lowest BCUT2D eigenvalue weighted by atomic mass is 10.1. The normalized spacial score (nSPS) is 9.79. The van der Waals surface area contributed by atoms with Gasteiger partial charge in [0, 0.05) is 19.5 Å². The van der Waals surface area contributed by atoms with Crippen molar-refractivity contribution < 1.29 is 19.1 Å². The zero-order chi connectivity index (χ0) is 19.5. The zero-order valence-corrected chi connectivity index (χ0v) is 16.6. The van der Waals surface area contributed by atoms with Gasteiger partial charge in [0.25, 0.3) is 5.91 Å². The lowest BCUT2D eigenvalue weighted by molar-refractivity contribution is -0.116. The number of hydrogen-bond acceptors (Lipinski definition) is 5. The van der Waals surface area contributed by atoms with Crippen LogP contribution in [0.5, 0.6) is 11.5 Å². The Morgan fingerprint density at radius 3 is 2.39 bits per heavy atom. The first-order valence-electron chi connectivity index (χ1n) is 8.78. The molecule has 28 heavy (non-hydrogen) atoms. The Hall–Kier alpha value is -2.77. The summed E-state index contributed by atoms with van der Waals surface area (Å²) in [7, 11) is 1.61. The maximum atomic E-state index is 12.2. The van der Waals surface area contributed by atoms with Crippen molar-refractivity contribution in [3.63, 3.8) is 0 Å². The molecule has 0 radical (unpaired) electrons. The van der Waals surface area contributed by atoms with Crippen molar-refractivity contribution >= 4 is 29.9 Å². The lowest BCUT2D eigenvalue weighted by Crippen LogP contribution is -2.30. The fourth-order valence-corrected chi connectivity index (χ4v) is 2.38. The molecule has 0 saturated heterocycles. The average molecular weight is 408 g/mol. The number of amides is 2. The first kappa shape index (κ1) is 23.3.